The van der Waals surface area contributed by atoms with E-state index in [-0.39, 0.29) is 5.91 Å². The van der Waals surface area contributed by atoms with Crippen molar-refractivity contribution in [1.82, 2.24) is 0 Å². The summed E-state index contributed by atoms with van der Waals surface area (Å²) in [4.78, 5) is 13.2. The van der Waals surface area contributed by atoms with E-state index in [9.17, 15) is 4.79 Å². The van der Waals surface area contributed by atoms with Gasteiger partial charge in [0.15, 0.2) is 0 Å². The first-order chi connectivity index (χ1) is 9.22. The van der Waals surface area contributed by atoms with Crippen LogP contribution in [0.5, 0.6) is 0 Å². The number of benzene rings is 2. The van der Waals surface area contributed by atoms with Crippen LogP contribution in [0.15, 0.2) is 53.4 Å². The number of carbonyl (C=O) groups excluding carboxylic acids is 1. The van der Waals surface area contributed by atoms with Crippen LogP contribution in [0.2, 0.25) is 0 Å². The van der Waals surface area contributed by atoms with E-state index in [1.165, 1.54) is 0 Å². The third kappa shape index (κ3) is 3.36. The summed E-state index contributed by atoms with van der Waals surface area (Å²) in [6.45, 7) is 0. The molecule has 1 N–H and O–H groups in total. The zero-order valence-corrected chi connectivity index (χ0v) is 11.2. The van der Waals surface area contributed by atoms with Gasteiger partial charge in [-0.15, -0.1) is 11.8 Å². The molecule has 0 aromatic heterocycles. The Morgan fingerprint density at radius 2 is 1.95 bits per heavy atom. The van der Waals surface area contributed by atoms with E-state index in [0.29, 0.717) is 11.1 Å². The molecule has 1 amide bonds. The van der Waals surface area contributed by atoms with Crippen molar-refractivity contribution < 1.29 is 4.79 Å². The molecule has 0 aliphatic carbocycles. The molecular formula is C15H12N2OS. The molecule has 0 spiro atoms. The lowest BCUT2D eigenvalue weighted by Gasteiger charge is -2.06. The molecule has 4 heteroatoms. The van der Waals surface area contributed by atoms with Gasteiger partial charge in [-0.1, -0.05) is 6.07 Å². The summed E-state index contributed by atoms with van der Waals surface area (Å²) in [6, 6.07) is 16.3. The molecule has 0 heterocycles. The summed E-state index contributed by atoms with van der Waals surface area (Å²) in [7, 11) is 0. The van der Waals surface area contributed by atoms with Crippen molar-refractivity contribution in [3.8, 4) is 6.07 Å². The van der Waals surface area contributed by atoms with Gasteiger partial charge in [-0.05, 0) is 48.7 Å². The third-order valence-electron chi connectivity index (χ3n) is 2.60. The highest BCUT2D eigenvalue weighted by Crippen LogP contribution is 2.18. The van der Waals surface area contributed by atoms with E-state index >= 15 is 0 Å². The van der Waals surface area contributed by atoms with Gasteiger partial charge in [0.1, 0.15) is 0 Å². The van der Waals surface area contributed by atoms with Gasteiger partial charge in [-0.25, -0.2) is 0 Å². The predicted octanol–water partition coefficient (Wildman–Crippen LogP) is 3.53. The highest BCUT2D eigenvalue weighted by Gasteiger charge is 2.06. The fraction of sp³-hybridized carbons (Fsp3) is 0.0667. The summed E-state index contributed by atoms with van der Waals surface area (Å²) in [6.07, 6.45) is 2.00. The molecule has 0 saturated heterocycles. The lowest BCUT2D eigenvalue weighted by Crippen LogP contribution is -2.11. The number of anilines is 1. The highest BCUT2D eigenvalue weighted by atomic mass is 32.2. The van der Waals surface area contributed by atoms with Gasteiger partial charge in [-0.2, -0.15) is 5.26 Å². The Balaban J connectivity index is 2.13. The minimum Gasteiger partial charge on any atom is -0.322 e. The Kier molecular flexibility index (Phi) is 4.22. The van der Waals surface area contributed by atoms with E-state index in [1.54, 1.807) is 36.0 Å². The quantitative estimate of drug-likeness (QED) is 0.866. The van der Waals surface area contributed by atoms with Crippen molar-refractivity contribution >= 4 is 23.4 Å². The van der Waals surface area contributed by atoms with E-state index in [0.717, 1.165) is 10.6 Å². The molecule has 0 bridgehead atoms. The molecule has 0 atom stereocenters. The molecule has 0 unspecified atom stereocenters. The van der Waals surface area contributed by atoms with Gasteiger partial charge in [-0.3, -0.25) is 4.79 Å². The fourth-order valence-electron chi connectivity index (χ4n) is 1.61. The third-order valence-corrected chi connectivity index (χ3v) is 3.35. The predicted molar refractivity (Wildman–Crippen MR) is 77.3 cm³/mol. The lowest BCUT2D eigenvalue weighted by molar-refractivity contribution is 0.102. The molecule has 0 fully saturated rings. The number of nitriles is 1. The topological polar surface area (TPSA) is 52.9 Å². The van der Waals surface area contributed by atoms with Gasteiger partial charge in [0, 0.05) is 16.1 Å². The zero-order chi connectivity index (χ0) is 13.7. The summed E-state index contributed by atoms with van der Waals surface area (Å²) in [5.74, 6) is -0.214. The van der Waals surface area contributed by atoms with Crippen molar-refractivity contribution in [1.29, 1.82) is 5.26 Å². The number of hydrogen-bond donors (Lipinski definition) is 1. The highest BCUT2D eigenvalue weighted by molar-refractivity contribution is 7.98. The summed E-state index contributed by atoms with van der Waals surface area (Å²) < 4.78 is 0. The maximum Gasteiger partial charge on any atom is 0.255 e. The van der Waals surface area contributed by atoms with E-state index in [2.05, 4.69) is 5.32 Å². The average molecular weight is 268 g/mol. The van der Waals surface area contributed by atoms with E-state index in [1.807, 2.05) is 36.6 Å². The first-order valence-corrected chi connectivity index (χ1v) is 6.91. The number of carbonyl (C=O) groups is 1. The monoisotopic (exact) mass is 268 g/mol. The first-order valence-electron chi connectivity index (χ1n) is 5.68. The summed E-state index contributed by atoms with van der Waals surface area (Å²) in [5.41, 5.74) is 1.70. The Morgan fingerprint density at radius 3 is 2.58 bits per heavy atom. The standard InChI is InChI=1S/C15H12N2OS/c1-19-14-7-5-13(6-8-14)17-15(18)12-4-2-3-11(9-12)10-16/h2-9H,1H3,(H,17,18). The molecule has 0 aliphatic heterocycles. The molecule has 19 heavy (non-hydrogen) atoms. The fourth-order valence-corrected chi connectivity index (χ4v) is 2.02. The number of amides is 1. The maximum atomic E-state index is 12.0. The van der Waals surface area contributed by atoms with Crippen LogP contribution in [-0.4, -0.2) is 12.2 Å². The van der Waals surface area contributed by atoms with Crippen molar-refractivity contribution in [2.45, 2.75) is 4.90 Å². The second-order valence-corrected chi connectivity index (χ2v) is 4.75. The molecule has 94 valence electrons. The zero-order valence-electron chi connectivity index (χ0n) is 10.4. The van der Waals surface area contributed by atoms with Crippen LogP contribution in [0.3, 0.4) is 0 Å². The van der Waals surface area contributed by atoms with Gasteiger partial charge in [0.25, 0.3) is 5.91 Å². The summed E-state index contributed by atoms with van der Waals surface area (Å²) >= 11 is 1.65. The van der Waals surface area contributed by atoms with Crippen molar-refractivity contribution in [3.63, 3.8) is 0 Å². The summed E-state index contributed by atoms with van der Waals surface area (Å²) in [5, 5.41) is 11.6. The van der Waals surface area contributed by atoms with Crippen molar-refractivity contribution in [3.05, 3.63) is 59.7 Å². The van der Waals surface area contributed by atoms with Crippen LogP contribution < -0.4 is 5.32 Å². The van der Waals surface area contributed by atoms with E-state index < -0.39 is 0 Å². The van der Waals surface area contributed by atoms with Crippen LogP contribution in [-0.2, 0) is 0 Å². The largest absolute Gasteiger partial charge is 0.322 e. The maximum absolute atomic E-state index is 12.0. The number of nitrogens with one attached hydrogen (secondary N) is 1. The SMILES string of the molecule is CSc1ccc(NC(=O)c2cccc(C#N)c2)cc1. The second-order valence-electron chi connectivity index (χ2n) is 3.88. The Bertz CT molecular complexity index is 629. The minimum absolute atomic E-state index is 0.214. The van der Waals surface area contributed by atoms with Gasteiger partial charge in [0.2, 0.25) is 0 Å². The molecule has 2 aromatic carbocycles. The second kappa shape index (κ2) is 6.07. The van der Waals surface area contributed by atoms with Crippen molar-refractivity contribution in [2.24, 2.45) is 0 Å². The molecule has 2 aromatic rings. The number of nitrogens with zero attached hydrogens (tertiary/aromatic N) is 1. The normalized spacial score (nSPS) is 9.68. The van der Waals surface area contributed by atoms with Gasteiger partial charge in [0.05, 0.1) is 11.6 Å². The number of hydrogen-bond acceptors (Lipinski definition) is 3. The number of thioether (sulfide) groups is 1. The Hall–Kier alpha value is -2.25. The minimum atomic E-state index is -0.214. The molecule has 0 aliphatic rings. The average Bonchev–Trinajstić information content (AvgIpc) is 2.48. The van der Waals surface area contributed by atoms with Crippen LogP contribution in [0.1, 0.15) is 15.9 Å². The number of rotatable bonds is 3. The van der Waals surface area contributed by atoms with Crippen LogP contribution in [0.25, 0.3) is 0 Å². The Morgan fingerprint density at radius 1 is 1.21 bits per heavy atom. The van der Waals surface area contributed by atoms with Crippen molar-refractivity contribution in [2.75, 3.05) is 11.6 Å². The molecule has 3 nitrogen and oxygen atoms in total. The van der Waals surface area contributed by atoms with E-state index in [4.69, 9.17) is 5.26 Å². The smallest absolute Gasteiger partial charge is 0.255 e. The molecular weight excluding hydrogens is 256 g/mol. The van der Waals surface area contributed by atoms with Crippen LogP contribution in [0, 0.1) is 11.3 Å². The molecule has 2 rings (SSSR count). The van der Waals surface area contributed by atoms with Gasteiger partial charge >= 0.3 is 0 Å². The van der Waals surface area contributed by atoms with Crippen LogP contribution in [0.4, 0.5) is 5.69 Å². The molecule has 0 radical (unpaired) electrons. The van der Waals surface area contributed by atoms with Crippen LogP contribution >= 0.6 is 11.8 Å². The first kappa shape index (κ1) is 13.2. The molecule has 0 saturated carbocycles. The Labute approximate surface area is 116 Å². The lowest BCUT2D eigenvalue weighted by atomic mass is 10.1. The van der Waals surface area contributed by atoms with Gasteiger partial charge < -0.3 is 5.32 Å².